The fraction of sp³-hybridized carbons (Fsp3) is 0.231. The van der Waals surface area contributed by atoms with Gasteiger partial charge in [-0.2, -0.15) is 0 Å². The first-order valence-electron chi connectivity index (χ1n) is 5.53. The minimum Gasteiger partial charge on any atom is -0.488 e. The molecule has 0 aliphatic carbocycles. The molecule has 0 fully saturated rings. The lowest BCUT2D eigenvalue weighted by atomic mass is 10.1. The number of hydrogen-bond acceptors (Lipinski definition) is 3. The molecule has 5 heteroatoms. The molecule has 0 saturated heterocycles. The predicted molar refractivity (Wildman–Crippen MR) is 75.5 cm³/mol. The summed E-state index contributed by atoms with van der Waals surface area (Å²) in [5, 5.41) is 2.00. The van der Waals surface area contributed by atoms with E-state index in [-0.39, 0.29) is 5.82 Å². The zero-order valence-corrected chi connectivity index (χ0v) is 12.1. The van der Waals surface area contributed by atoms with Crippen molar-refractivity contribution in [1.82, 2.24) is 0 Å². The van der Waals surface area contributed by atoms with E-state index >= 15 is 0 Å². The molecule has 0 amide bonds. The molecule has 2 nitrogen and oxygen atoms in total. The van der Waals surface area contributed by atoms with Crippen LogP contribution in [0.1, 0.15) is 10.4 Å². The van der Waals surface area contributed by atoms with Gasteiger partial charge in [0, 0.05) is 14.7 Å². The number of thiophene rings is 1. The van der Waals surface area contributed by atoms with Crippen molar-refractivity contribution in [3.8, 4) is 5.75 Å². The topological polar surface area (TPSA) is 35.2 Å². The average Bonchev–Trinajstić information content (AvgIpc) is 2.75. The molecule has 0 saturated carbocycles. The molecule has 1 aromatic carbocycles. The molecule has 0 radical (unpaired) electrons. The molecule has 18 heavy (non-hydrogen) atoms. The Labute approximate surface area is 118 Å². The third-order valence-corrected chi connectivity index (χ3v) is 4.10. The van der Waals surface area contributed by atoms with Crippen molar-refractivity contribution in [2.45, 2.75) is 13.0 Å². The van der Waals surface area contributed by atoms with Gasteiger partial charge in [-0.3, -0.25) is 0 Å². The van der Waals surface area contributed by atoms with Gasteiger partial charge in [0.2, 0.25) is 0 Å². The Morgan fingerprint density at radius 1 is 1.33 bits per heavy atom. The van der Waals surface area contributed by atoms with Crippen LogP contribution < -0.4 is 10.5 Å². The quantitative estimate of drug-likeness (QED) is 0.907. The highest BCUT2D eigenvalue weighted by molar-refractivity contribution is 9.10. The van der Waals surface area contributed by atoms with Crippen LogP contribution in [0.3, 0.4) is 0 Å². The van der Waals surface area contributed by atoms with Crippen molar-refractivity contribution in [3.63, 3.8) is 0 Å². The molecule has 2 N–H and O–H groups in total. The van der Waals surface area contributed by atoms with Gasteiger partial charge >= 0.3 is 0 Å². The van der Waals surface area contributed by atoms with E-state index in [2.05, 4.69) is 15.9 Å². The molecule has 1 heterocycles. The van der Waals surface area contributed by atoms with Gasteiger partial charge < -0.3 is 10.5 Å². The summed E-state index contributed by atoms with van der Waals surface area (Å²) in [4.78, 5) is 1.12. The maximum absolute atomic E-state index is 13.1. The number of halogens is 2. The van der Waals surface area contributed by atoms with Crippen LogP contribution in [0.4, 0.5) is 4.39 Å². The SMILES string of the molecule is NCCc1cc(F)ccc1OCc1cc(Br)cs1. The van der Waals surface area contributed by atoms with E-state index in [9.17, 15) is 4.39 Å². The van der Waals surface area contributed by atoms with Gasteiger partial charge in [-0.1, -0.05) is 0 Å². The van der Waals surface area contributed by atoms with Crippen LogP contribution in [0.2, 0.25) is 0 Å². The summed E-state index contributed by atoms with van der Waals surface area (Å²) in [5.41, 5.74) is 6.32. The first-order chi connectivity index (χ1) is 8.69. The molecule has 96 valence electrons. The van der Waals surface area contributed by atoms with Crippen molar-refractivity contribution in [1.29, 1.82) is 0 Å². The normalized spacial score (nSPS) is 10.6. The zero-order chi connectivity index (χ0) is 13.0. The van der Waals surface area contributed by atoms with E-state index in [0.717, 1.165) is 14.9 Å². The zero-order valence-electron chi connectivity index (χ0n) is 9.66. The summed E-state index contributed by atoms with van der Waals surface area (Å²) in [5.74, 6) is 0.441. The molecule has 0 bridgehead atoms. The minimum absolute atomic E-state index is 0.260. The van der Waals surface area contributed by atoms with Crippen LogP contribution in [0.25, 0.3) is 0 Å². The first kappa shape index (κ1) is 13.5. The van der Waals surface area contributed by atoms with Gasteiger partial charge in [0.25, 0.3) is 0 Å². The van der Waals surface area contributed by atoms with E-state index in [0.29, 0.717) is 25.3 Å². The summed E-state index contributed by atoms with van der Waals surface area (Å²) < 4.78 is 19.9. The maximum atomic E-state index is 13.1. The lowest BCUT2D eigenvalue weighted by Crippen LogP contribution is -2.05. The summed E-state index contributed by atoms with van der Waals surface area (Å²) in [6.45, 7) is 0.962. The monoisotopic (exact) mass is 329 g/mol. The van der Waals surface area contributed by atoms with E-state index in [1.54, 1.807) is 17.4 Å². The molecule has 0 unspecified atom stereocenters. The Morgan fingerprint density at radius 2 is 2.17 bits per heavy atom. The first-order valence-corrected chi connectivity index (χ1v) is 7.20. The number of nitrogens with two attached hydrogens (primary N) is 1. The summed E-state index contributed by atoms with van der Waals surface area (Å²) in [7, 11) is 0. The standard InChI is InChI=1S/C13H13BrFNOS/c14-10-6-12(18-8-10)7-17-13-2-1-11(15)5-9(13)3-4-16/h1-2,5-6,8H,3-4,7,16H2. The Bertz CT molecular complexity index is 529. The second kappa shape index (κ2) is 6.31. The van der Waals surface area contributed by atoms with Gasteiger partial charge in [-0.05, 0) is 58.7 Å². The van der Waals surface area contributed by atoms with Crippen LogP contribution in [0.5, 0.6) is 5.75 Å². The van der Waals surface area contributed by atoms with Crippen LogP contribution >= 0.6 is 27.3 Å². The van der Waals surface area contributed by atoms with Crippen molar-refractivity contribution < 1.29 is 9.13 Å². The second-order valence-corrected chi connectivity index (χ2v) is 5.72. The predicted octanol–water partition coefficient (Wildman–Crippen LogP) is 3.73. The summed E-state index contributed by atoms with van der Waals surface area (Å²) in [6.07, 6.45) is 0.612. The van der Waals surface area contributed by atoms with E-state index in [4.69, 9.17) is 10.5 Å². The Kier molecular flexibility index (Phi) is 4.74. The highest BCUT2D eigenvalue weighted by Crippen LogP contribution is 2.24. The van der Waals surface area contributed by atoms with Crippen molar-refractivity contribution in [2.75, 3.05) is 6.54 Å². The van der Waals surface area contributed by atoms with E-state index < -0.39 is 0 Å². The van der Waals surface area contributed by atoms with Crippen molar-refractivity contribution in [3.05, 3.63) is 50.4 Å². The maximum Gasteiger partial charge on any atom is 0.123 e. The van der Waals surface area contributed by atoms with Crippen LogP contribution in [-0.4, -0.2) is 6.54 Å². The summed E-state index contributed by atoms with van der Waals surface area (Å²) >= 11 is 5.02. The molecule has 0 aliphatic rings. The van der Waals surface area contributed by atoms with Crippen molar-refractivity contribution >= 4 is 27.3 Å². The summed E-state index contributed by atoms with van der Waals surface area (Å²) in [6, 6.07) is 6.55. The second-order valence-electron chi connectivity index (χ2n) is 3.81. The number of benzene rings is 1. The van der Waals surface area contributed by atoms with Gasteiger partial charge in [-0.15, -0.1) is 11.3 Å². The Morgan fingerprint density at radius 3 is 2.83 bits per heavy atom. The molecule has 0 spiro atoms. The number of hydrogen-bond donors (Lipinski definition) is 1. The lowest BCUT2D eigenvalue weighted by molar-refractivity contribution is 0.306. The van der Waals surface area contributed by atoms with Gasteiger partial charge in [0.05, 0.1) is 0 Å². The molecule has 2 rings (SSSR count). The van der Waals surface area contributed by atoms with E-state index in [1.165, 1.54) is 12.1 Å². The average molecular weight is 330 g/mol. The molecule has 2 aromatic rings. The van der Waals surface area contributed by atoms with Crippen LogP contribution in [0, 0.1) is 5.82 Å². The highest BCUT2D eigenvalue weighted by atomic mass is 79.9. The third-order valence-electron chi connectivity index (χ3n) is 2.43. The van der Waals surface area contributed by atoms with E-state index in [1.807, 2.05) is 11.4 Å². The van der Waals surface area contributed by atoms with Crippen LogP contribution in [-0.2, 0) is 13.0 Å². The fourth-order valence-electron chi connectivity index (χ4n) is 1.62. The van der Waals surface area contributed by atoms with Gasteiger partial charge in [-0.25, -0.2) is 4.39 Å². The molecular weight excluding hydrogens is 317 g/mol. The lowest BCUT2D eigenvalue weighted by Gasteiger charge is -2.10. The van der Waals surface area contributed by atoms with Crippen molar-refractivity contribution in [2.24, 2.45) is 5.73 Å². The molecular formula is C13H13BrFNOS. The van der Waals surface area contributed by atoms with Gasteiger partial charge in [0.15, 0.2) is 0 Å². The third kappa shape index (κ3) is 3.54. The smallest absolute Gasteiger partial charge is 0.123 e. The number of rotatable bonds is 5. The Balaban J connectivity index is 2.08. The fourth-order valence-corrected chi connectivity index (χ4v) is 2.98. The molecule has 0 atom stereocenters. The molecule has 1 aromatic heterocycles. The minimum atomic E-state index is -0.260. The number of ether oxygens (including phenoxy) is 1. The Hall–Kier alpha value is -0.910. The highest BCUT2D eigenvalue weighted by Gasteiger charge is 2.06. The van der Waals surface area contributed by atoms with Gasteiger partial charge in [0.1, 0.15) is 18.2 Å². The molecule has 0 aliphatic heterocycles. The largest absolute Gasteiger partial charge is 0.488 e. The van der Waals surface area contributed by atoms with Crippen LogP contribution in [0.15, 0.2) is 34.1 Å².